The molecule has 0 saturated heterocycles. The zero-order valence-electron chi connectivity index (χ0n) is 12.4. The van der Waals surface area contributed by atoms with Crippen LogP contribution in [0.1, 0.15) is 33.3 Å². The van der Waals surface area contributed by atoms with Crippen molar-refractivity contribution in [2.45, 2.75) is 39.8 Å². The maximum atomic E-state index is 11.1. The van der Waals surface area contributed by atoms with E-state index in [9.17, 15) is 4.79 Å². The second-order valence-corrected chi connectivity index (χ2v) is 5.05. The van der Waals surface area contributed by atoms with Gasteiger partial charge in [-0.2, -0.15) is 0 Å². The molecule has 0 heterocycles. The summed E-state index contributed by atoms with van der Waals surface area (Å²) < 4.78 is 4.59. The summed E-state index contributed by atoms with van der Waals surface area (Å²) in [7, 11) is 1.38. The van der Waals surface area contributed by atoms with E-state index in [0.29, 0.717) is 12.1 Å². The number of hydrogen-bond donors (Lipinski definition) is 0. The highest BCUT2D eigenvalue weighted by Crippen LogP contribution is 2.22. The summed E-state index contributed by atoms with van der Waals surface area (Å²) in [6.07, 6.45) is 3.21. The highest BCUT2D eigenvalue weighted by atomic mass is 16.5. The Morgan fingerprint density at radius 2 is 1.84 bits per heavy atom. The van der Waals surface area contributed by atoms with E-state index in [1.807, 2.05) is 12.1 Å². The molecule has 1 rings (SSSR count). The highest BCUT2D eigenvalue weighted by Gasteiger charge is 2.13. The van der Waals surface area contributed by atoms with Crippen molar-refractivity contribution in [3.05, 3.63) is 35.9 Å². The van der Waals surface area contributed by atoms with E-state index >= 15 is 0 Å². The van der Waals surface area contributed by atoms with Gasteiger partial charge >= 0.3 is 5.97 Å². The number of benzene rings is 1. The number of hydrogen-bond acceptors (Lipinski definition) is 3. The fraction of sp³-hybridized carbons (Fsp3) is 0.438. The van der Waals surface area contributed by atoms with Gasteiger partial charge in [-0.1, -0.05) is 12.1 Å². The fourth-order valence-corrected chi connectivity index (χ4v) is 2.21. The number of esters is 1. The molecule has 0 fully saturated rings. The van der Waals surface area contributed by atoms with Gasteiger partial charge in [-0.3, -0.25) is 0 Å². The van der Waals surface area contributed by atoms with Crippen LogP contribution in [0.15, 0.2) is 30.3 Å². The van der Waals surface area contributed by atoms with Gasteiger partial charge in [0.2, 0.25) is 0 Å². The molecule has 0 saturated carbocycles. The van der Waals surface area contributed by atoms with Gasteiger partial charge in [-0.15, -0.1) is 0 Å². The molecule has 0 atom stereocenters. The molecule has 1 aromatic carbocycles. The Hall–Kier alpha value is -1.77. The zero-order chi connectivity index (χ0) is 14.4. The third-order valence-corrected chi connectivity index (χ3v) is 2.89. The normalized spacial score (nSPS) is 11.3. The van der Waals surface area contributed by atoms with E-state index in [0.717, 1.165) is 11.3 Å². The predicted octanol–water partition coefficient (Wildman–Crippen LogP) is 3.50. The molecule has 3 nitrogen and oxygen atoms in total. The van der Waals surface area contributed by atoms with E-state index < -0.39 is 0 Å². The van der Waals surface area contributed by atoms with Gasteiger partial charge < -0.3 is 9.64 Å². The lowest BCUT2D eigenvalue weighted by Crippen LogP contribution is -2.36. The van der Waals surface area contributed by atoms with Gasteiger partial charge in [0.25, 0.3) is 0 Å². The molecule has 0 spiro atoms. The van der Waals surface area contributed by atoms with E-state index in [1.54, 1.807) is 6.08 Å². The Morgan fingerprint density at radius 3 is 2.37 bits per heavy atom. The molecule has 0 aliphatic heterocycles. The van der Waals surface area contributed by atoms with E-state index in [4.69, 9.17) is 0 Å². The van der Waals surface area contributed by atoms with Crippen molar-refractivity contribution >= 4 is 17.7 Å². The first kappa shape index (κ1) is 15.3. The van der Waals surface area contributed by atoms with Crippen molar-refractivity contribution in [3.63, 3.8) is 0 Å². The Bertz CT molecular complexity index is 442. The summed E-state index contributed by atoms with van der Waals surface area (Å²) in [6.45, 7) is 8.71. The number of carbonyl (C=O) groups excluding carboxylic acids is 1. The average Bonchev–Trinajstić information content (AvgIpc) is 2.35. The number of rotatable bonds is 5. The molecule has 0 unspecified atom stereocenters. The lowest BCUT2D eigenvalue weighted by molar-refractivity contribution is -0.134. The molecule has 0 aliphatic rings. The molecular weight excluding hydrogens is 238 g/mol. The molecule has 0 radical (unpaired) electrons. The van der Waals surface area contributed by atoms with Crippen LogP contribution in [0.2, 0.25) is 0 Å². The Morgan fingerprint density at radius 1 is 1.21 bits per heavy atom. The minimum Gasteiger partial charge on any atom is -0.466 e. The summed E-state index contributed by atoms with van der Waals surface area (Å²) in [5, 5.41) is 0. The summed E-state index contributed by atoms with van der Waals surface area (Å²) >= 11 is 0. The van der Waals surface area contributed by atoms with Gasteiger partial charge in [0.15, 0.2) is 0 Å². The first-order chi connectivity index (χ1) is 8.95. The Balaban J connectivity index is 2.99. The van der Waals surface area contributed by atoms with Crippen molar-refractivity contribution in [3.8, 4) is 0 Å². The van der Waals surface area contributed by atoms with Crippen LogP contribution in [-0.4, -0.2) is 25.2 Å². The predicted molar refractivity (Wildman–Crippen MR) is 80.2 cm³/mol. The SMILES string of the molecule is COC(=O)C=Cc1cccc(N(C(C)C)C(C)C)c1. The maximum Gasteiger partial charge on any atom is 0.330 e. The largest absolute Gasteiger partial charge is 0.466 e. The van der Waals surface area contributed by atoms with E-state index in [2.05, 4.69) is 49.5 Å². The summed E-state index contributed by atoms with van der Waals surface area (Å²) in [4.78, 5) is 13.4. The second-order valence-electron chi connectivity index (χ2n) is 5.05. The fourth-order valence-electron chi connectivity index (χ4n) is 2.21. The monoisotopic (exact) mass is 261 g/mol. The van der Waals surface area contributed by atoms with Crippen LogP contribution in [0, 0.1) is 0 Å². The van der Waals surface area contributed by atoms with Crippen LogP contribution < -0.4 is 4.90 Å². The number of ether oxygens (including phenoxy) is 1. The van der Waals surface area contributed by atoms with Crippen LogP contribution in [0.4, 0.5) is 5.69 Å². The van der Waals surface area contributed by atoms with Crippen molar-refractivity contribution in [2.24, 2.45) is 0 Å². The molecule has 0 aromatic heterocycles. The molecule has 104 valence electrons. The smallest absolute Gasteiger partial charge is 0.330 e. The molecule has 0 bridgehead atoms. The van der Waals surface area contributed by atoms with Crippen molar-refractivity contribution in [1.82, 2.24) is 0 Å². The van der Waals surface area contributed by atoms with Crippen molar-refractivity contribution < 1.29 is 9.53 Å². The van der Waals surface area contributed by atoms with Crippen LogP contribution >= 0.6 is 0 Å². The summed E-state index contributed by atoms with van der Waals surface area (Å²) in [6, 6.07) is 9.01. The Kier molecular flexibility index (Phi) is 5.61. The van der Waals surface area contributed by atoms with Crippen LogP contribution in [-0.2, 0) is 9.53 Å². The molecule has 0 aliphatic carbocycles. The number of carbonyl (C=O) groups is 1. The first-order valence-corrected chi connectivity index (χ1v) is 6.60. The van der Waals surface area contributed by atoms with Gasteiger partial charge in [0, 0.05) is 23.8 Å². The molecular formula is C16H23NO2. The van der Waals surface area contributed by atoms with Gasteiger partial charge in [-0.25, -0.2) is 4.79 Å². The minimum atomic E-state index is -0.338. The van der Waals surface area contributed by atoms with Gasteiger partial charge in [-0.05, 0) is 51.5 Å². The summed E-state index contributed by atoms with van der Waals surface area (Å²) in [5.74, 6) is -0.338. The van der Waals surface area contributed by atoms with Crippen molar-refractivity contribution in [2.75, 3.05) is 12.0 Å². The summed E-state index contributed by atoms with van der Waals surface area (Å²) in [5.41, 5.74) is 2.16. The zero-order valence-corrected chi connectivity index (χ0v) is 12.4. The van der Waals surface area contributed by atoms with Crippen LogP contribution in [0.5, 0.6) is 0 Å². The molecule has 3 heteroatoms. The lowest BCUT2D eigenvalue weighted by atomic mass is 10.1. The Labute approximate surface area is 115 Å². The third kappa shape index (κ3) is 4.43. The number of methoxy groups -OCH3 is 1. The second kappa shape index (κ2) is 6.98. The van der Waals surface area contributed by atoms with Gasteiger partial charge in [0.1, 0.15) is 0 Å². The molecule has 1 aromatic rings. The van der Waals surface area contributed by atoms with E-state index in [-0.39, 0.29) is 5.97 Å². The third-order valence-electron chi connectivity index (χ3n) is 2.89. The number of nitrogens with zero attached hydrogens (tertiary/aromatic N) is 1. The van der Waals surface area contributed by atoms with Crippen LogP contribution in [0.3, 0.4) is 0 Å². The van der Waals surface area contributed by atoms with Crippen molar-refractivity contribution in [1.29, 1.82) is 0 Å². The quantitative estimate of drug-likeness (QED) is 0.600. The molecule has 0 N–H and O–H groups in total. The maximum absolute atomic E-state index is 11.1. The first-order valence-electron chi connectivity index (χ1n) is 6.60. The highest BCUT2D eigenvalue weighted by molar-refractivity contribution is 5.87. The minimum absolute atomic E-state index is 0.338. The average molecular weight is 261 g/mol. The van der Waals surface area contributed by atoms with Gasteiger partial charge in [0.05, 0.1) is 7.11 Å². The topological polar surface area (TPSA) is 29.5 Å². The number of anilines is 1. The van der Waals surface area contributed by atoms with Crippen LogP contribution in [0.25, 0.3) is 6.08 Å². The standard InChI is InChI=1S/C16H23NO2/c1-12(2)17(13(3)4)15-8-6-7-14(11-15)9-10-16(18)19-5/h6-13H,1-5H3. The molecule has 19 heavy (non-hydrogen) atoms. The lowest BCUT2D eigenvalue weighted by Gasteiger charge is -2.33. The molecule has 0 amide bonds. The van der Waals surface area contributed by atoms with E-state index in [1.165, 1.54) is 13.2 Å².